The summed E-state index contributed by atoms with van der Waals surface area (Å²) in [6, 6.07) is 5.28. The van der Waals surface area contributed by atoms with Crippen LogP contribution in [0.3, 0.4) is 0 Å². The lowest BCUT2D eigenvalue weighted by molar-refractivity contribution is -0.384. The van der Waals surface area contributed by atoms with Crippen molar-refractivity contribution in [3.63, 3.8) is 0 Å². The SMILES string of the molecule is COc1ccc(NC2CCC(SC)CC2)c([N+](=O)[O-])c1. The molecule has 0 atom stereocenters. The fourth-order valence-electron chi connectivity index (χ4n) is 2.57. The summed E-state index contributed by atoms with van der Waals surface area (Å²) < 4.78 is 5.04. The van der Waals surface area contributed by atoms with E-state index in [9.17, 15) is 10.1 Å². The molecule has 2 rings (SSSR count). The van der Waals surface area contributed by atoms with E-state index in [0.717, 1.165) is 18.1 Å². The Labute approximate surface area is 123 Å². The quantitative estimate of drug-likeness (QED) is 0.663. The monoisotopic (exact) mass is 296 g/mol. The number of hydrogen-bond acceptors (Lipinski definition) is 5. The highest BCUT2D eigenvalue weighted by Crippen LogP contribution is 2.33. The van der Waals surface area contributed by atoms with E-state index in [4.69, 9.17) is 4.74 Å². The Hall–Kier alpha value is -1.43. The van der Waals surface area contributed by atoms with Crippen molar-refractivity contribution in [1.82, 2.24) is 0 Å². The molecular formula is C14H20N2O3S. The summed E-state index contributed by atoms with van der Waals surface area (Å²) in [5.41, 5.74) is 0.666. The van der Waals surface area contributed by atoms with Gasteiger partial charge in [-0.05, 0) is 44.1 Å². The normalized spacial score (nSPS) is 22.3. The molecule has 0 saturated heterocycles. The Morgan fingerprint density at radius 1 is 1.35 bits per heavy atom. The molecule has 0 heterocycles. The molecular weight excluding hydrogens is 276 g/mol. The summed E-state index contributed by atoms with van der Waals surface area (Å²) in [6.45, 7) is 0. The molecule has 20 heavy (non-hydrogen) atoms. The predicted octanol–water partition coefficient (Wildman–Crippen LogP) is 3.69. The standard InChI is InChI=1S/C14H20N2O3S/c1-19-11-5-8-13(14(9-11)16(17)18)15-10-3-6-12(20-2)7-4-10/h5,8-10,12,15H,3-4,6-7H2,1-2H3. The molecule has 0 aromatic heterocycles. The molecule has 0 bridgehead atoms. The smallest absolute Gasteiger partial charge is 0.296 e. The van der Waals surface area contributed by atoms with Gasteiger partial charge in [-0.15, -0.1) is 0 Å². The number of anilines is 1. The molecule has 1 aromatic carbocycles. The number of hydrogen-bond donors (Lipinski definition) is 1. The molecule has 6 heteroatoms. The summed E-state index contributed by atoms with van der Waals surface area (Å²) in [5, 5.41) is 15.2. The number of thioether (sulfide) groups is 1. The highest BCUT2D eigenvalue weighted by molar-refractivity contribution is 7.99. The minimum Gasteiger partial charge on any atom is -0.496 e. The maximum Gasteiger partial charge on any atom is 0.296 e. The lowest BCUT2D eigenvalue weighted by atomic mass is 9.94. The number of nitro benzene ring substituents is 1. The Balaban J connectivity index is 2.07. The van der Waals surface area contributed by atoms with E-state index in [1.807, 2.05) is 11.8 Å². The van der Waals surface area contributed by atoms with Crippen molar-refractivity contribution in [3.05, 3.63) is 28.3 Å². The molecule has 1 N–H and O–H groups in total. The molecule has 1 aliphatic rings. The number of benzene rings is 1. The van der Waals surface area contributed by atoms with E-state index >= 15 is 0 Å². The topological polar surface area (TPSA) is 64.4 Å². The summed E-state index contributed by atoms with van der Waals surface area (Å²) in [5.74, 6) is 0.508. The number of methoxy groups -OCH3 is 1. The van der Waals surface area contributed by atoms with Crippen LogP contribution >= 0.6 is 11.8 Å². The first-order chi connectivity index (χ1) is 9.63. The van der Waals surface area contributed by atoms with Crippen molar-refractivity contribution in [2.75, 3.05) is 18.7 Å². The fraction of sp³-hybridized carbons (Fsp3) is 0.571. The highest BCUT2D eigenvalue weighted by atomic mass is 32.2. The third-order valence-electron chi connectivity index (χ3n) is 3.77. The van der Waals surface area contributed by atoms with E-state index in [2.05, 4.69) is 11.6 Å². The van der Waals surface area contributed by atoms with Gasteiger partial charge in [0.25, 0.3) is 5.69 Å². The number of nitro groups is 1. The molecule has 0 unspecified atom stereocenters. The predicted molar refractivity (Wildman–Crippen MR) is 82.8 cm³/mol. The third kappa shape index (κ3) is 3.56. The molecule has 1 saturated carbocycles. The first-order valence-corrected chi connectivity index (χ1v) is 8.04. The van der Waals surface area contributed by atoms with Gasteiger partial charge in [0.15, 0.2) is 0 Å². The van der Waals surface area contributed by atoms with Gasteiger partial charge in [-0.3, -0.25) is 10.1 Å². The second-order valence-corrected chi connectivity index (χ2v) is 6.13. The van der Waals surface area contributed by atoms with Crippen molar-refractivity contribution < 1.29 is 9.66 Å². The number of ether oxygens (including phenoxy) is 1. The van der Waals surface area contributed by atoms with Crippen LogP contribution in [0.1, 0.15) is 25.7 Å². The van der Waals surface area contributed by atoms with Crippen LogP contribution in [0.15, 0.2) is 18.2 Å². The first kappa shape index (κ1) is 15.0. The van der Waals surface area contributed by atoms with E-state index in [1.165, 1.54) is 26.0 Å². The van der Waals surface area contributed by atoms with Crippen LogP contribution < -0.4 is 10.1 Å². The molecule has 110 valence electrons. The van der Waals surface area contributed by atoms with Gasteiger partial charge in [0, 0.05) is 11.3 Å². The second kappa shape index (κ2) is 6.83. The summed E-state index contributed by atoms with van der Waals surface area (Å²) in [7, 11) is 1.51. The summed E-state index contributed by atoms with van der Waals surface area (Å²) in [4.78, 5) is 10.8. The van der Waals surface area contributed by atoms with Gasteiger partial charge in [0.05, 0.1) is 18.1 Å². The van der Waals surface area contributed by atoms with Crippen LogP contribution in [0.25, 0.3) is 0 Å². The molecule has 0 radical (unpaired) electrons. The lowest BCUT2D eigenvalue weighted by Crippen LogP contribution is -2.27. The van der Waals surface area contributed by atoms with E-state index < -0.39 is 0 Å². The van der Waals surface area contributed by atoms with Crippen LogP contribution in [0.2, 0.25) is 0 Å². The van der Waals surface area contributed by atoms with Gasteiger partial charge in [-0.25, -0.2) is 0 Å². The number of nitrogens with zero attached hydrogens (tertiary/aromatic N) is 1. The van der Waals surface area contributed by atoms with Crippen LogP contribution in [0.4, 0.5) is 11.4 Å². The maximum absolute atomic E-state index is 11.1. The Bertz CT molecular complexity index is 473. The van der Waals surface area contributed by atoms with Gasteiger partial charge in [0.2, 0.25) is 0 Å². The maximum atomic E-state index is 11.1. The Morgan fingerprint density at radius 3 is 2.60 bits per heavy atom. The molecule has 1 aromatic rings. The number of rotatable bonds is 5. The van der Waals surface area contributed by atoms with Crippen molar-refractivity contribution in [2.45, 2.75) is 37.0 Å². The van der Waals surface area contributed by atoms with Gasteiger partial charge < -0.3 is 10.1 Å². The highest BCUT2D eigenvalue weighted by Gasteiger charge is 2.23. The molecule has 1 fully saturated rings. The van der Waals surface area contributed by atoms with Crippen molar-refractivity contribution in [2.24, 2.45) is 0 Å². The molecule has 0 spiro atoms. The molecule has 5 nitrogen and oxygen atoms in total. The van der Waals surface area contributed by atoms with Gasteiger partial charge in [0.1, 0.15) is 11.4 Å². The van der Waals surface area contributed by atoms with E-state index in [1.54, 1.807) is 12.1 Å². The lowest BCUT2D eigenvalue weighted by Gasteiger charge is -2.28. The van der Waals surface area contributed by atoms with E-state index in [-0.39, 0.29) is 10.6 Å². The largest absolute Gasteiger partial charge is 0.496 e. The van der Waals surface area contributed by atoms with Crippen molar-refractivity contribution in [3.8, 4) is 5.75 Å². The number of nitrogens with one attached hydrogen (secondary N) is 1. The molecule has 0 amide bonds. The molecule has 0 aliphatic heterocycles. The first-order valence-electron chi connectivity index (χ1n) is 6.75. The van der Waals surface area contributed by atoms with Crippen LogP contribution in [-0.4, -0.2) is 29.6 Å². The van der Waals surface area contributed by atoms with Crippen molar-refractivity contribution >= 4 is 23.1 Å². The summed E-state index contributed by atoms with van der Waals surface area (Å²) in [6.07, 6.45) is 6.61. The minimum absolute atomic E-state index is 0.0799. The van der Waals surface area contributed by atoms with Crippen LogP contribution in [0, 0.1) is 10.1 Å². The zero-order valence-electron chi connectivity index (χ0n) is 11.8. The van der Waals surface area contributed by atoms with Gasteiger partial charge >= 0.3 is 0 Å². The molecule has 1 aliphatic carbocycles. The van der Waals surface area contributed by atoms with Gasteiger partial charge in [-0.1, -0.05) is 0 Å². The Morgan fingerprint density at radius 2 is 2.05 bits per heavy atom. The van der Waals surface area contributed by atoms with Gasteiger partial charge in [-0.2, -0.15) is 11.8 Å². The second-order valence-electron chi connectivity index (χ2n) is 4.99. The zero-order valence-corrected chi connectivity index (χ0v) is 12.6. The zero-order chi connectivity index (χ0) is 14.5. The average molecular weight is 296 g/mol. The Kier molecular flexibility index (Phi) is 5.11. The van der Waals surface area contributed by atoms with Crippen molar-refractivity contribution in [1.29, 1.82) is 0 Å². The minimum atomic E-state index is -0.363. The average Bonchev–Trinajstić information content (AvgIpc) is 2.48. The van der Waals surface area contributed by atoms with E-state index in [0.29, 0.717) is 17.5 Å². The summed E-state index contributed by atoms with van der Waals surface area (Å²) >= 11 is 1.91. The van der Waals surface area contributed by atoms with Crippen LogP contribution in [-0.2, 0) is 0 Å². The van der Waals surface area contributed by atoms with Crippen LogP contribution in [0.5, 0.6) is 5.75 Å². The third-order valence-corrected chi connectivity index (χ3v) is 4.91. The fourth-order valence-corrected chi connectivity index (χ4v) is 3.32.